The van der Waals surface area contributed by atoms with E-state index >= 15 is 0 Å². The minimum Gasteiger partial charge on any atom is -0.462 e. The van der Waals surface area contributed by atoms with Gasteiger partial charge in [0.05, 0.1) is 12.6 Å². The van der Waals surface area contributed by atoms with Gasteiger partial charge in [-0.25, -0.2) is 9.38 Å². The van der Waals surface area contributed by atoms with E-state index in [0.29, 0.717) is 12.1 Å². The number of halogens is 1. The molecule has 0 aliphatic carbocycles. The van der Waals surface area contributed by atoms with Crippen LogP contribution in [-0.4, -0.2) is 49.1 Å². The van der Waals surface area contributed by atoms with Gasteiger partial charge in [-0.15, -0.1) is 0 Å². The Balaban J connectivity index is 1.92. The SMILES string of the molecule is CC(C)OC(=NCCN1CCCCC1)NC(=O)c1ccc(F)cc1. The third-order valence-electron chi connectivity index (χ3n) is 3.79. The highest BCUT2D eigenvalue weighted by molar-refractivity contribution is 6.04. The quantitative estimate of drug-likeness (QED) is 0.665. The number of likely N-dealkylation sites (tertiary alicyclic amines) is 1. The molecule has 1 amide bonds. The maximum atomic E-state index is 12.9. The molecule has 1 aliphatic rings. The Morgan fingerprint density at radius 1 is 1.25 bits per heavy atom. The van der Waals surface area contributed by atoms with Crippen LogP contribution in [0.5, 0.6) is 0 Å². The molecule has 0 radical (unpaired) electrons. The zero-order valence-electron chi connectivity index (χ0n) is 14.4. The molecule has 6 heteroatoms. The van der Waals surface area contributed by atoms with Gasteiger partial charge >= 0.3 is 0 Å². The van der Waals surface area contributed by atoms with Crippen LogP contribution in [-0.2, 0) is 4.74 Å². The van der Waals surface area contributed by atoms with Crippen LogP contribution in [0, 0.1) is 5.82 Å². The summed E-state index contributed by atoms with van der Waals surface area (Å²) in [6, 6.07) is 5.60. The summed E-state index contributed by atoms with van der Waals surface area (Å²) < 4.78 is 18.5. The van der Waals surface area contributed by atoms with Gasteiger partial charge in [0.1, 0.15) is 5.82 Å². The van der Waals surface area contributed by atoms with Gasteiger partial charge in [0, 0.05) is 12.1 Å². The molecule has 0 atom stereocenters. The minimum atomic E-state index is -0.375. The van der Waals surface area contributed by atoms with E-state index in [4.69, 9.17) is 4.74 Å². The molecule has 0 unspecified atom stereocenters. The van der Waals surface area contributed by atoms with Crippen LogP contribution in [0.4, 0.5) is 4.39 Å². The first-order valence-electron chi connectivity index (χ1n) is 8.55. The summed E-state index contributed by atoms with van der Waals surface area (Å²) in [6.07, 6.45) is 3.68. The highest BCUT2D eigenvalue weighted by Crippen LogP contribution is 2.08. The third kappa shape index (κ3) is 6.28. The molecule has 1 aromatic carbocycles. The molecule has 0 bridgehead atoms. The van der Waals surface area contributed by atoms with Crippen molar-refractivity contribution in [3.8, 4) is 0 Å². The number of nitrogens with zero attached hydrogens (tertiary/aromatic N) is 2. The van der Waals surface area contributed by atoms with E-state index < -0.39 is 0 Å². The third-order valence-corrected chi connectivity index (χ3v) is 3.79. The second-order valence-electron chi connectivity index (χ2n) is 6.22. The summed E-state index contributed by atoms with van der Waals surface area (Å²) in [6.45, 7) is 7.41. The van der Waals surface area contributed by atoms with E-state index in [1.54, 1.807) is 0 Å². The van der Waals surface area contributed by atoms with Crippen LogP contribution in [0.1, 0.15) is 43.5 Å². The Morgan fingerprint density at radius 2 is 1.92 bits per heavy atom. The molecule has 1 N–H and O–H groups in total. The smallest absolute Gasteiger partial charge is 0.291 e. The Kier molecular flexibility index (Phi) is 7.18. The fraction of sp³-hybridized carbons (Fsp3) is 0.556. The van der Waals surface area contributed by atoms with Crippen LogP contribution in [0.3, 0.4) is 0 Å². The highest BCUT2D eigenvalue weighted by atomic mass is 19.1. The number of hydrogen-bond acceptors (Lipinski definition) is 4. The molecule has 0 saturated carbocycles. The number of hydrogen-bond donors (Lipinski definition) is 1. The van der Waals surface area contributed by atoms with Crippen molar-refractivity contribution in [2.24, 2.45) is 4.99 Å². The Morgan fingerprint density at radius 3 is 2.54 bits per heavy atom. The first-order valence-corrected chi connectivity index (χ1v) is 8.55. The predicted octanol–water partition coefficient (Wildman–Crippen LogP) is 2.82. The first kappa shape index (κ1) is 18.4. The lowest BCUT2D eigenvalue weighted by atomic mass is 10.1. The molecule has 1 heterocycles. The summed E-state index contributed by atoms with van der Waals surface area (Å²) in [7, 11) is 0. The molecular weight excluding hydrogens is 309 g/mol. The topological polar surface area (TPSA) is 53.9 Å². The summed E-state index contributed by atoms with van der Waals surface area (Å²) in [4.78, 5) is 19.0. The Hall–Kier alpha value is -1.95. The van der Waals surface area contributed by atoms with Gasteiger partial charge in [0.15, 0.2) is 0 Å². The molecule has 1 fully saturated rings. The largest absolute Gasteiger partial charge is 0.462 e. The van der Waals surface area contributed by atoms with Gasteiger partial charge in [-0.3, -0.25) is 10.1 Å². The standard InChI is InChI=1S/C18H26FN3O2/c1-14(2)24-18(20-10-13-22-11-4-3-5-12-22)21-17(23)15-6-8-16(19)9-7-15/h6-9,14H,3-5,10-13H2,1-2H3,(H,20,21,23). The van der Waals surface area contributed by atoms with Crippen molar-refractivity contribution in [2.45, 2.75) is 39.2 Å². The van der Waals surface area contributed by atoms with Crippen LogP contribution < -0.4 is 5.32 Å². The number of ether oxygens (including phenoxy) is 1. The summed E-state index contributed by atoms with van der Waals surface area (Å²) >= 11 is 0. The normalized spacial score (nSPS) is 16.2. The van der Waals surface area contributed by atoms with Crippen LogP contribution in [0.2, 0.25) is 0 Å². The number of carbonyl (C=O) groups excluding carboxylic acids is 1. The summed E-state index contributed by atoms with van der Waals surface area (Å²) in [5, 5.41) is 2.67. The van der Waals surface area contributed by atoms with Crippen LogP contribution >= 0.6 is 0 Å². The summed E-state index contributed by atoms with van der Waals surface area (Å²) in [5.74, 6) is -0.729. The van der Waals surface area contributed by atoms with E-state index in [2.05, 4.69) is 15.2 Å². The number of aliphatic imine (C=N–C) groups is 1. The molecule has 24 heavy (non-hydrogen) atoms. The molecule has 0 aromatic heterocycles. The van der Waals surface area contributed by atoms with Crippen molar-refractivity contribution >= 4 is 11.9 Å². The lowest BCUT2D eigenvalue weighted by Crippen LogP contribution is -2.36. The zero-order valence-corrected chi connectivity index (χ0v) is 14.4. The van der Waals surface area contributed by atoms with Gasteiger partial charge in [-0.2, -0.15) is 0 Å². The van der Waals surface area contributed by atoms with Crippen molar-refractivity contribution in [2.75, 3.05) is 26.2 Å². The predicted molar refractivity (Wildman–Crippen MR) is 92.7 cm³/mol. The molecule has 2 rings (SSSR count). The van der Waals surface area contributed by atoms with E-state index in [1.165, 1.54) is 43.5 Å². The number of amides is 1. The van der Waals surface area contributed by atoms with Gasteiger partial charge in [-0.1, -0.05) is 6.42 Å². The number of benzene rings is 1. The second-order valence-corrected chi connectivity index (χ2v) is 6.22. The first-order chi connectivity index (χ1) is 11.5. The molecule has 5 nitrogen and oxygen atoms in total. The average molecular weight is 335 g/mol. The Labute approximate surface area is 142 Å². The Bertz CT molecular complexity index is 552. The lowest BCUT2D eigenvalue weighted by molar-refractivity contribution is 0.0959. The molecule has 0 spiro atoms. The van der Waals surface area contributed by atoms with Crippen molar-refractivity contribution < 1.29 is 13.9 Å². The number of carbonyl (C=O) groups is 1. The van der Waals surface area contributed by atoms with E-state index in [9.17, 15) is 9.18 Å². The van der Waals surface area contributed by atoms with Crippen molar-refractivity contribution in [3.63, 3.8) is 0 Å². The van der Waals surface area contributed by atoms with Crippen LogP contribution in [0.15, 0.2) is 29.3 Å². The molecule has 1 aliphatic heterocycles. The average Bonchev–Trinajstić information content (AvgIpc) is 2.55. The van der Waals surface area contributed by atoms with Crippen molar-refractivity contribution in [3.05, 3.63) is 35.6 Å². The number of nitrogens with one attached hydrogen (secondary N) is 1. The fourth-order valence-electron chi connectivity index (χ4n) is 2.58. The monoisotopic (exact) mass is 335 g/mol. The molecule has 1 saturated heterocycles. The van der Waals surface area contributed by atoms with Crippen LogP contribution in [0.25, 0.3) is 0 Å². The molecular formula is C18H26FN3O2. The maximum absolute atomic E-state index is 12.9. The lowest BCUT2D eigenvalue weighted by Gasteiger charge is -2.25. The van der Waals surface area contributed by atoms with E-state index in [1.807, 2.05) is 13.8 Å². The van der Waals surface area contributed by atoms with Crippen molar-refractivity contribution in [1.82, 2.24) is 10.2 Å². The fourth-order valence-corrected chi connectivity index (χ4v) is 2.58. The van der Waals surface area contributed by atoms with Gasteiger partial charge in [0.2, 0.25) is 0 Å². The minimum absolute atomic E-state index is 0.0905. The number of amidine groups is 1. The molecule has 1 aromatic rings. The van der Waals surface area contributed by atoms with E-state index in [-0.39, 0.29) is 23.9 Å². The second kappa shape index (κ2) is 9.37. The van der Waals surface area contributed by atoms with Crippen molar-refractivity contribution in [1.29, 1.82) is 0 Å². The molecule has 132 valence electrons. The van der Waals surface area contributed by atoms with Gasteiger partial charge in [-0.05, 0) is 64.0 Å². The highest BCUT2D eigenvalue weighted by Gasteiger charge is 2.13. The zero-order chi connectivity index (χ0) is 17.4. The van der Waals surface area contributed by atoms with Gasteiger partial charge in [0.25, 0.3) is 11.9 Å². The number of rotatable bonds is 5. The number of piperidine rings is 1. The van der Waals surface area contributed by atoms with Gasteiger partial charge < -0.3 is 9.64 Å². The maximum Gasteiger partial charge on any atom is 0.291 e. The summed E-state index contributed by atoms with van der Waals surface area (Å²) in [5.41, 5.74) is 0.368. The van der Waals surface area contributed by atoms with E-state index in [0.717, 1.165) is 19.6 Å².